The molecular weight excluding hydrogens is 252 g/mol. The number of rotatable bonds is 2. The summed E-state index contributed by atoms with van der Waals surface area (Å²) in [6.07, 6.45) is 5.41. The van der Waals surface area contributed by atoms with Gasteiger partial charge in [0, 0.05) is 12.0 Å². The average Bonchev–Trinajstić information content (AvgIpc) is 2.86. The van der Waals surface area contributed by atoms with Crippen molar-refractivity contribution in [1.29, 1.82) is 0 Å². The Bertz CT molecular complexity index is 507. The number of para-hydroxylation sites is 1. The molecule has 1 saturated carbocycles. The molecule has 3 N–H and O–H groups in total. The molecule has 0 bridgehead atoms. The van der Waals surface area contributed by atoms with E-state index in [1.165, 1.54) is 12.8 Å². The predicted molar refractivity (Wildman–Crippen MR) is 77.4 cm³/mol. The van der Waals surface area contributed by atoms with Crippen molar-refractivity contribution in [1.82, 2.24) is 5.32 Å². The number of benzene rings is 1. The van der Waals surface area contributed by atoms with Crippen molar-refractivity contribution in [3.8, 4) is 5.75 Å². The van der Waals surface area contributed by atoms with Gasteiger partial charge in [-0.3, -0.25) is 4.79 Å². The lowest BCUT2D eigenvalue weighted by molar-refractivity contribution is -0.123. The summed E-state index contributed by atoms with van der Waals surface area (Å²) in [5.74, 6) is 0.815. The second-order valence-corrected chi connectivity index (χ2v) is 6.08. The maximum Gasteiger partial charge on any atom is 0.237 e. The molecule has 4 heteroatoms. The molecule has 1 fully saturated rings. The zero-order valence-electron chi connectivity index (χ0n) is 11.9. The molecule has 1 aliphatic heterocycles. The topological polar surface area (TPSA) is 64.4 Å². The molecule has 108 valence electrons. The minimum Gasteiger partial charge on any atom is -0.487 e. The number of carbonyl (C=O) groups excluding carboxylic acids is 1. The van der Waals surface area contributed by atoms with E-state index in [-0.39, 0.29) is 17.6 Å². The SMILES string of the molecule is C[C@H](N)C(=O)NC1CC2(CCCC2)Oc2ccccc21. The van der Waals surface area contributed by atoms with Gasteiger partial charge in [0.2, 0.25) is 5.91 Å². The molecule has 2 atom stereocenters. The number of nitrogens with one attached hydrogen (secondary N) is 1. The molecule has 3 rings (SSSR count). The molecule has 1 aromatic rings. The van der Waals surface area contributed by atoms with Crippen LogP contribution in [0.25, 0.3) is 0 Å². The molecule has 0 radical (unpaired) electrons. The summed E-state index contributed by atoms with van der Waals surface area (Å²) in [6.45, 7) is 1.71. The minimum absolute atomic E-state index is 0.0107. The molecule has 1 aromatic carbocycles. The third kappa shape index (κ3) is 2.40. The van der Waals surface area contributed by atoms with Gasteiger partial charge in [-0.2, -0.15) is 0 Å². The number of fused-ring (bicyclic) bond motifs is 1. The smallest absolute Gasteiger partial charge is 0.237 e. The quantitative estimate of drug-likeness (QED) is 0.869. The molecule has 1 spiro atoms. The highest BCUT2D eigenvalue weighted by atomic mass is 16.5. The van der Waals surface area contributed by atoms with E-state index in [2.05, 4.69) is 5.32 Å². The molecule has 1 aliphatic carbocycles. The van der Waals surface area contributed by atoms with Crippen LogP contribution in [0.5, 0.6) is 5.75 Å². The van der Waals surface area contributed by atoms with Crippen LogP contribution in [0.2, 0.25) is 0 Å². The number of carbonyl (C=O) groups is 1. The second kappa shape index (κ2) is 5.09. The Morgan fingerprint density at radius 2 is 2.10 bits per heavy atom. The van der Waals surface area contributed by atoms with Crippen molar-refractivity contribution in [3.63, 3.8) is 0 Å². The van der Waals surface area contributed by atoms with Gasteiger partial charge in [-0.15, -0.1) is 0 Å². The zero-order valence-corrected chi connectivity index (χ0v) is 11.9. The van der Waals surface area contributed by atoms with Gasteiger partial charge in [0.15, 0.2) is 0 Å². The summed E-state index contributed by atoms with van der Waals surface area (Å²) in [7, 11) is 0. The van der Waals surface area contributed by atoms with Crippen LogP contribution in [0.3, 0.4) is 0 Å². The fourth-order valence-corrected chi connectivity index (χ4v) is 3.38. The second-order valence-electron chi connectivity index (χ2n) is 6.08. The first-order valence-corrected chi connectivity index (χ1v) is 7.44. The summed E-state index contributed by atoms with van der Waals surface area (Å²) in [6, 6.07) is 7.53. The van der Waals surface area contributed by atoms with Crippen molar-refractivity contribution < 1.29 is 9.53 Å². The van der Waals surface area contributed by atoms with E-state index in [9.17, 15) is 4.79 Å². The Morgan fingerprint density at radius 3 is 2.80 bits per heavy atom. The Balaban J connectivity index is 1.89. The number of amides is 1. The Hall–Kier alpha value is -1.55. The van der Waals surface area contributed by atoms with Crippen LogP contribution < -0.4 is 15.8 Å². The molecule has 1 unspecified atom stereocenters. The fraction of sp³-hybridized carbons (Fsp3) is 0.562. The zero-order chi connectivity index (χ0) is 14.2. The van der Waals surface area contributed by atoms with Crippen molar-refractivity contribution in [2.45, 2.75) is 56.7 Å². The van der Waals surface area contributed by atoms with Crippen LogP contribution >= 0.6 is 0 Å². The molecule has 20 heavy (non-hydrogen) atoms. The summed E-state index contributed by atoms with van der Waals surface area (Å²) >= 11 is 0. The molecule has 0 aromatic heterocycles. The Labute approximate surface area is 119 Å². The van der Waals surface area contributed by atoms with E-state index >= 15 is 0 Å². The number of ether oxygens (including phenoxy) is 1. The maximum absolute atomic E-state index is 11.9. The van der Waals surface area contributed by atoms with Crippen LogP contribution in [0.15, 0.2) is 24.3 Å². The highest BCUT2D eigenvalue weighted by molar-refractivity contribution is 5.81. The molecular formula is C16H22N2O2. The lowest BCUT2D eigenvalue weighted by atomic mass is 9.86. The molecule has 4 nitrogen and oxygen atoms in total. The van der Waals surface area contributed by atoms with E-state index in [1.807, 2.05) is 24.3 Å². The summed E-state index contributed by atoms with van der Waals surface area (Å²) < 4.78 is 6.27. The van der Waals surface area contributed by atoms with E-state index in [4.69, 9.17) is 10.5 Å². The Kier molecular flexibility index (Phi) is 3.42. The predicted octanol–water partition coefficient (Wildman–Crippen LogP) is 2.29. The molecule has 2 aliphatic rings. The average molecular weight is 274 g/mol. The maximum atomic E-state index is 11.9. The van der Waals surface area contributed by atoms with E-state index in [0.717, 1.165) is 30.6 Å². The van der Waals surface area contributed by atoms with E-state index in [0.29, 0.717) is 0 Å². The molecule has 1 heterocycles. The number of hydrogen-bond donors (Lipinski definition) is 2. The first-order valence-electron chi connectivity index (χ1n) is 7.44. The van der Waals surface area contributed by atoms with Gasteiger partial charge in [-0.25, -0.2) is 0 Å². The fourth-order valence-electron chi connectivity index (χ4n) is 3.38. The van der Waals surface area contributed by atoms with Crippen molar-refractivity contribution >= 4 is 5.91 Å². The van der Waals surface area contributed by atoms with Crippen LogP contribution in [-0.2, 0) is 4.79 Å². The summed E-state index contributed by atoms with van der Waals surface area (Å²) in [4.78, 5) is 11.9. The normalized spacial score (nSPS) is 24.8. The lowest BCUT2D eigenvalue weighted by Crippen LogP contribution is -2.46. The van der Waals surface area contributed by atoms with Gasteiger partial charge in [-0.1, -0.05) is 18.2 Å². The highest BCUT2D eigenvalue weighted by Gasteiger charge is 2.43. The Morgan fingerprint density at radius 1 is 1.40 bits per heavy atom. The largest absolute Gasteiger partial charge is 0.487 e. The third-order valence-electron chi connectivity index (χ3n) is 4.44. The lowest BCUT2D eigenvalue weighted by Gasteiger charge is -2.40. The van der Waals surface area contributed by atoms with Crippen molar-refractivity contribution in [2.24, 2.45) is 5.73 Å². The van der Waals surface area contributed by atoms with Crippen LogP contribution in [0, 0.1) is 0 Å². The van der Waals surface area contributed by atoms with Crippen molar-refractivity contribution in [3.05, 3.63) is 29.8 Å². The van der Waals surface area contributed by atoms with Gasteiger partial charge in [0.25, 0.3) is 0 Å². The van der Waals surface area contributed by atoms with Gasteiger partial charge in [-0.05, 0) is 38.7 Å². The monoisotopic (exact) mass is 274 g/mol. The van der Waals surface area contributed by atoms with Gasteiger partial charge in [0.05, 0.1) is 12.1 Å². The highest BCUT2D eigenvalue weighted by Crippen LogP contribution is 2.46. The summed E-state index contributed by atoms with van der Waals surface area (Å²) in [5.41, 5.74) is 6.65. The van der Waals surface area contributed by atoms with Crippen LogP contribution in [0.1, 0.15) is 50.6 Å². The van der Waals surface area contributed by atoms with Crippen molar-refractivity contribution in [2.75, 3.05) is 0 Å². The standard InChI is InChI=1S/C16H22N2O2/c1-11(17)15(19)18-13-10-16(8-4-5-9-16)20-14-7-3-2-6-12(13)14/h2-3,6-7,11,13H,4-5,8-10,17H2,1H3,(H,18,19)/t11-,13?/m0/s1. The first-order chi connectivity index (χ1) is 9.60. The number of hydrogen-bond acceptors (Lipinski definition) is 3. The van der Waals surface area contributed by atoms with Crippen LogP contribution in [-0.4, -0.2) is 17.6 Å². The molecule has 1 amide bonds. The number of nitrogens with two attached hydrogens (primary N) is 1. The van der Waals surface area contributed by atoms with Gasteiger partial charge in [0.1, 0.15) is 11.4 Å². The summed E-state index contributed by atoms with van der Waals surface area (Å²) in [5, 5.41) is 3.08. The minimum atomic E-state index is -0.482. The van der Waals surface area contributed by atoms with Gasteiger partial charge < -0.3 is 15.8 Å². The van der Waals surface area contributed by atoms with E-state index < -0.39 is 6.04 Å². The van der Waals surface area contributed by atoms with Gasteiger partial charge >= 0.3 is 0 Å². The molecule has 0 saturated heterocycles. The van der Waals surface area contributed by atoms with Crippen LogP contribution in [0.4, 0.5) is 0 Å². The third-order valence-corrected chi connectivity index (χ3v) is 4.44. The van der Waals surface area contributed by atoms with E-state index in [1.54, 1.807) is 6.92 Å². The first kappa shape index (κ1) is 13.4.